The Morgan fingerprint density at radius 2 is 1.77 bits per heavy atom. The van der Waals surface area contributed by atoms with E-state index in [-0.39, 0.29) is 36.2 Å². The Morgan fingerprint density at radius 1 is 1.06 bits per heavy atom. The summed E-state index contributed by atoms with van der Waals surface area (Å²) in [6.45, 7) is 5.48. The summed E-state index contributed by atoms with van der Waals surface area (Å²) in [7, 11) is 1.57. The molecule has 1 atom stereocenters. The van der Waals surface area contributed by atoms with E-state index in [1.54, 1.807) is 52.1 Å². The van der Waals surface area contributed by atoms with Crippen LogP contribution in [0.1, 0.15) is 31.9 Å². The minimum atomic E-state index is -1.26. The lowest BCUT2D eigenvalue weighted by atomic mass is 9.90. The van der Waals surface area contributed by atoms with Gasteiger partial charge in [0.1, 0.15) is 11.3 Å². The van der Waals surface area contributed by atoms with Crippen molar-refractivity contribution in [1.82, 2.24) is 5.06 Å². The van der Waals surface area contributed by atoms with Gasteiger partial charge in [0.05, 0.1) is 24.3 Å². The number of hydrogen-bond donors (Lipinski definition) is 0. The number of amides is 1. The number of methoxy groups -OCH3 is 1. The largest absolute Gasteiger partial charge is 0.513 e. The van der Waals surface area contributed by atoms with Crippen molar-refractivity contribution in [2.75, 3.05) is 27.1 Å². The van der Waals surface area contributed by atoms with Gasteiger partial charge in [0.2, 0.25) is 0 Å². The zero-order valence-electron chi connectivity index (χ0n) is 19.9. The molecule has 8 nitrogen and oxygen atoms in total. The van der Waals surface area contributed by atoms with E-state index in [0.717, 1.165) is 10.6 Å². The number of hydrogen-bond acceptors (Lipinski definition) is 7. The van der Waals surface area contributed by atoms with E-state index in [1.165, 1.54) is 6.07 Å². The molecule has 0 fully saturated rings. The fraction of sp³-hybridized carbons (Fsp3) is 0.360. The van der Waals surface area contributed by atoms with Gasteiger partial charge < -0.3 is 18.9 Å². The maximum atomic E-state index is 13.7. The Hall–Kier alpha value is -2.78. The molecule has 1 amide bonds. The van der Waals surface area contributed by atoms with Crippen LogP contribution in [-0.4, -0.2) is 49.8 Å². The van der Waals surface area contributed by atoms with Crippen molar-refractivity contribution >= 4 is 40.8 Å². The average Bonchev–Trinajstić information content (AvgIpc) is 3.01. The molecule has 1 aliphatic rings. The van der Waals surface area contributed by atoms with E-state index in [4.69, 9.17) is 47.0 Å². The first-order chi connectivity index (χ1) is 16.7. The maximum absolute atomic E-state index is 13.7. The third-order valence-corrected chi connectivity index (χ3v) is 5.94. The summed E-state index contributed by atoms with van der Waals surface area (Å²) in [4.78, 5) is 32.0. The van der Waals surface area contributed by atoms with Crippen LogP contribution >= 0.6 is 23.2 Å². The molecule has 0 bridgehead atoms. The second-order valence-electron chi connectivity index (χ2n) is 7.75. The molecule has 0 saturated carbocycles. The fourth-order valence-electron chi connectivity index (χ4n) is 3.77. The SMILES string of the molecule is CCOCON1C(=O)C(c2ccc(Cl)cc2Cl)=C(OC(=O)OCC)C1(C)Cc1ccc(OC)cc1. The number of nitrogens with zero attached hydrogens (tertiary/aromatic N) is 1. The predicted octanol–water partition coefficient (Wildman–Crippen LogP) is 5.66. The second kappa shape index (κ2) is 11.8. The molecule has 0 aliphatic carbocycles. The molecule has 188 valence electrons. The van der Waals surface area contributed by atoms with Gasteiger partial charge in [-0.25, -0.2) is 14.7 Å². The van der Waals surface area contributed by atoms with E-state index in [9.17, 15) is 9.59 Å². The first kappa shape index (κ1) is 26.8. The summed E-state index contributed by atoms with van der Waals surface area (Å²) in [5, 5.41) is 1.76. The van der Waals surface area contributed by atoms with E-state index in [2.05, 4.69) is 0 Å². The normalized spacial score (nSPS) is 17.7. The topological polar surface area (TPSA) is 83.5 Å². The Kier molecular flexibility index (Phi) is 9.02. The van der Waals surface area contributed by atoms with Crippen LogP contribution in [0, 0.1) is 0 Å². The van der Waals surface area contributed by atoms with Crippen LogP contribution in [0.5, 0.6) is 5.75 Å². The van der Waals surface area contributed by atoms with E-state index >= 15 is 0 Å². The van der Waals surface area contributed by atoms with Crippen molar-refractivity contribution in [3.05, 3.63) is 69.4 Å². The standard InChI is InChI=1S/C25H27Cl2NO7/c1-5-32-15-34-28-23(29)21(19-12-9-17(26)13-20(19)27)22(35-24(30)33-6-2)25(28,3)14-16-7-10-18(31-4)11-8-16/h7-13H,5-6,14-15H2,1-4H3. The highest BCUT2D eigenvalue weighted by molar-refractivity contribution is 6.37. The molecule has 3 rings (SSSR count). The number of carbonyl (C=O) groups is 2. The van der Waals surface area contributed by atoms with E-state index < -0.39 is 17.6 Å². The van der Waals surface area contributed by atoms with Crippen LogP contribution in [-0.2, 0) is 30.3 Å². The van der Waals surface area contributed by atoms with Crippen LogP contribution < -0.4 is 4.74 Å². The minimum absolute atomic E-state index is 0.0393. The van der Waals surface area contributed by atoms with Crippen molar-refractivity contribution in [2.45, 2.75) is 32.7 Å². The molecule has 0 aromatic heterocycles. The molecule has 1 aliphatic heterocycles. The van der Waals surface area contributed by atoms with Crippen molar-refractivity contribution in [2.24, 2.45) is 0 Å². The molecular formula is C25H27Cl2NO7. The van der Waals surface area contributed by atoms with Gasteiger partial charge in [0.25, 0.3) is 5.91 Å². The minimum Gasteiger partial charge on any atom is -0.497 e. The number of hydroxylamine groups is 2. The fourth-order valence-corrected chi connectivity index (χ4v) is 4.28. The smallest absolute Gasteiger partial charge is 0.497 e. The van der Waals surface area contributed by atoms with Crippen LogP contribution in [0.2, 0.25) is 10.0 Å². The quantitative estimate of drug-likeness (QED) is 0.226. The Labute approximate surface area is 214 Å². The molecule has 1 heterocycles. The molecule has 10 heteroatoms. The summed E-state index contributed by atoms with van der Waals surface area (Å²) in [6, 6.07) is 12.0. The van der Waals surface area contributed by atoms with Crippen molar-refractivity contribution < 1.29 is 33.4 Å². The summed E-state index contributed by atoms with van der Waals surface area (Å²) in [5.41, 5.74) is -0.0241. The predicted molar refractivity (Wildman–Crippen MR) is 131 cm³/mol. The number of rotatable bonds is 10. The molecule has 2 aromatic carbocycles. The molecule has 0 spiro atoms. The van der Waals surface area contributed by atoms with Gasteiger partial charge in [-0.05, 0) is 50.6 Å². The summed E-state index contributed by atoms with van der Waals surface area (Å²) >= 11 is 12.5. The molecule has 1 unspecified atom stereocenters. The monoisotopic (exact) mass is 523 g/mol. The Morgan fingerprint density at radius 3 is 2.37 bits per heavy atom. The average molecular weight is 524 g/mol. The van der Waals surface area contributed by atoms with Gasteiger partial charge in [0.15, 0.2) is 12.6 Å². The third kappa shape index (κ3) is 5.90. The molecule has 0 saturated heterocycles. The zero-order valence-corrected chi connectivity index (χ0v) is 21.4. The Balaban J connectivity index is 2.17. The summed E-state index contributed by atoms with van der Waals surface area (Å²) < 4.78 is 21.2. The van der Waals surface area contributed by atoms with Gasteiger partial charge in [0, 0.05) is 23.6 Å². The van der Waals surface area contributed by atoms with Crippen molar-refractivity contribution in [1.29, 1.82) is 0 Å². The third-order valence-electron chi connectivity index (χ3n) is 5.39. The molecule has 35 heavy (non-hydrogen) atoms. The molecule has 0 radical (unpaired) electrons. The maximum Gasteiger partial charge on any atom is 0.513 e. The lowest BCUT2D eigenvalue weighted by Gasteiger charge is -2.35. The first-order valence-electron chi connectivity index (χ1n) is 11.0. The number of benzene rings is 2. The number of carbonyl (C=O) groups excluding carboxylic acids is 2. The van der Waals surface area contributed by atoms with Crippen LogP contribution in [0.25, 0.3) is 5.57 Å². The lowest BCUT2D eigenvalue weighted by Crippen LogP contribution is -2.48. The second-order valence-corrected chi connectivity index (χ2v) is 8.59. The van der Waals surface area contributed by atoms with Crippen LogP contribution in [0.4, 0.5) is 4.79 Å². The summed E-state index contributed by atoms with van der Waals surface area (Å²) in [5.74, 6) is 0.166. The van der Waals surface area contributed by atoms with Gasteiger partial charge in [-0.15, -0.1) is 0 Å². The Bertz CT molecular complexity index is 1100. The highest BCUT2D eigenvalue weighted by atomic mass is 35.5. The number of halogens is 2. The van der Waals surface area contributed by atoms with E-state index in [1.807, 2.05) is 12.1 Å². The highest BCUT2D eigenvalue weighted by Gasteiger charge is 2.53. The highest BCUT2D eigenvalue weighted by Crippen LogP contribution is 2.45. The van der Waals surface area contributed by atoms with E-state index in [0.29, 0.717) is 22.9 Å². The molecule has 2 aromatic rings. The van der Waals surface area contributed by atoms with Crippen LogP contribution in [0.3, 0.4) is 0 Å². The summed E-state index contributed by atoms with van der Waals surface area (Å²) in [6.07, 6.45) is -0.719. The molecule has 0 N–H and O–H groups in total. The van der Waals surface area contributed by atoms with Crippen LogP contribution in [0.15, 0.2) is 48.2 Å². The van der Waals surface area contributed by atoms with Crippen molar-refractivity contribution in [3.63, 3.8) is 0 Å². The zero-order chi connectivity index (χ0) is 25.6. The number of ether oxygens (including phenoxy) is 4. The first-order valence-corrected chi connectivity index (χ1v) is 11.7. The van der Waals surface area contributed by atoms with Gasteiger partial charge in [-0.3, -0.25) is 4.79 Å². The molecular weight excluding hydrogens is 497 g/mol. The lowest BCUT2D eigenvalue weighted by molar-refractivity contribution is -0.245. The van der Waals surface area contributed by atoms with Crippen molar-refractivity contribution in [3.8, 4) is 5.75 Å². The van der Waals surface area contributed by atoms with Gasteiger partial charge in [-0.1, -0.05) is 41.4 Å². The van der Waals surface area contributed by atoms with Gasteiger partial charge >= 0.3 is 6.16 Å². The van der Waals surface area contributed by atoms with Gasteiger partial charge in [-0.2, -0.15) is 0 Å².